The van der Waals surface area contributed by atoms with Crippen LogP contribution in [0.3, 0.4) is 0 Å². The fraction of sp³-hybridized carbons (Fsp3) is 0.500. The summed E-state index contributed by atoms with van der Waals surface area (Å²) in [7, 11) is 0. The maximum atomic E-state index is 12.1. The lowest BCUT2D eigenvalue weighted by molar-refractivity contribution is -0.157. The first kappa shape index (κ1) is 19.3. The van der Waals surface area contributed by atoms with Gasteiger partial charge in [-0.3, -0.25) is 0 Å². The molecule has 128 valence electrons. The van der Waals surface area contributed by atoms with E-state index < -0.39 is 29.1 Å². The van der Waals surface area contributed by atoms with Crippen molar-refractivity contribution in [3.8, 4) is 0 Å². The van der Waals surface area contributed by atoms with E-state index in [2.05, 4.69) is 17.9 Å². The third-order valence-electron chi connectivity index (χ3n) is 2.67. The van der Waals surface area contributed by atoms with Gasteiger partial charge in [0.1, 0.15) is 18.2 Å². The molecule has 0 fully saturated rings. The Morgan fingerprint density at radius 2 is 1.87 bits per heavy atom. The van der Waals surface area contributed by atoms with Gasteiger partial charge in [-0.05, 0) is 26.3 Å². The van der Waals surface area contributed by atoms with Crippen LogP contribution in [-0.4, -0.2) is 29.1 Å². The summed E-state index contributed by atoms with van der Waals surface area (Å²) in [5.41, 5.74) is 5.79. The molecule has 7 heteroatoms. The van der Waals surface area contributed by atoms with Crippen molar-refractivity contribution in [1.29, 1.82) is 0 Å². The second-order valence-electron chi connectivity index (χ2n) is 6.10. The van der Waals surface area contributed by atoms with Crippen molar-refractivity contribution in [2.24, 2.45) is 5.73 Å². The van der Waals surface area contributed by atoms with Crippen molar-refractivity contribution in [3.05, 3.63) is 35.9 Å². The Balaban J connectivity index is 2.58. The summed E-state index contributed by atoms with van der Waals surface area (Å²) in [6, 6.07) is 8.32. The number of hydrogen-bond donors (Lipinski definition) is 3. The average Bonchev–Trinajstić information content (AvgIpc) is 2.43. The van der Waals surface area contributed by atoms with Gasteiger partial charge in [0.15, 0.2) is 0 Å². The number of thiol groups is 1. The summed E-state index contributed by atoms with van der Waals surface area (Å²) in [4.78, 5) is 24.0. The summed E-state index contributed by atoms with van der Waals surface area (Å²) >= 11 is 4.05. The van der Waals surface area contributed by atoms with Crippen LogP contribution in [0.4, 0.5) is 4.79 Å². The Bertz CT molecular complexity index is 515. The first-order valence-corrected chi connectivity index (χ1v) is 7.83. The molecule has 0 bridgehead atoms. The number of alkyl carbamates (subject to hydrolysis) is 1. The molecule has 23 heavy (non-hydrogen) atoms. The largest absolute Gasteiger partial charge is 0.458 e. The molecular weight excluding hydrogens is 316 g/mol. The molecule has 0 aliphatic carbocycles. The minimum atomic E-state index is -0.912. The highest BCUT2D eigenvalue weighted by Crippen LogP contribution is 2.11. The van der Waals surface area contributed by atoms with E-state index in [1.807, 2.05) is 30.3 Å². The van der Waals surface area contributed by atoms with E-state index in [1.165, 1.54) is 0 Å². The molecular formula is C16H24N2O4S. The van der Waals surface area contributed by atoms with Crippen LogP contribution in [0.1, 0.15) is 32.8 Å². The van der Waals surface area contributed by atoms with E-state index in [4.69, 9.17) is 15.2 Å². The van der Waals surface area contributed by atoms with Gasteiger partial charge in [-0.2, -0.15) is 12.6 Å². The zero-order valence-electron chi connectivity index (χ0n) is 13.6. The number of benzene rings is 1. The molecule has 2 atom stereocenters. The molecule has 0 spiro atoms. The average molecular weight is 340 g/mol. The monoisotopic (exact) mass is 340 g/mol. The van der Waals surface area contributed by atoms with Crippen LogP contribution < -0.4 is 11.1 Å². The second kappa shape index (κ2) is 8.79. The molecule has 1 amide bonds. The van der Waals surface area contributed by atoms with Crippen molar-refractivity contribution in [1.82, 2.24) is 5.32 Å². The number of nitrogens with one attached hydrogen (secondary N) is 1. The van der Waals surface area contributed by atoms with Crippen molar-refractivity contribution in [2.75, 3.05) is 0 Å². The zero-order valence-corrected chi connectivity index (χ0v) is 14.5. The molecule has 1 aromatic rings. The van der Waals surface area contributed by atoms with Gasteiger partial charge in [-0.15, -0.1) is 0 Å². The number of amides is 1. The summed E-state index contributed by atoms with van der Waals surface area (Å²) < 4.78 is 10.4. The van der Waals surface area contributed by atoms with Crippen LogP contribution in [0.2, 0.25) is 0 Å². The zero-order chi connectivity index (χ0) is 17.5. The highest BCUT2D eigenvalue weighted by atomic mass is 32.1. The number of carbonyl (C=O) groups excluding carboxylic acids is 2. The highest BCUT2D eigenvalue weighted by molar-refractivity contribution is 7.80. The Labute approximate surface area is 142 Å². The molecule has 0 aromatic heterocycles. The molecule has 0 aliphatic rings. The minimum absolute atomic E-state index is 0.112. The smallest absolute Gasteiger partial charge is 0.408 e. The quantitative estimate of drug-likeness (QED) is 0.420. The normalized spacial score (nSPS) is 13.8. The lowest BCUT2D eigenvalue weighted by Gasteiger charge is -2.25. The SMILES string of the molecule is CC(C)(C)OC(=O)C(CC(N)S)NC(=O)OCc1ccccc1. The molecule has 0 saturated heterocycles. The van der Waals surface area contributed by atoms with Gasteiger partial charge < -0.3 is 20.5 Å². The van der Waals surface area contributed by atoms with Gasteiger partial charge >= 0.3 is 12.1 Å². The summed E-state index contributed by atoms with van der Waals surface area (Å²) in [5, 5.41) is 1.91. The molecule has 3 N–H and O–H groups in total. The van der Waals surface area contributed by atoms with E-state index in [-0.39, 0.29) is 13.0 Å². The number of ether oxygens (including phenoxy) is 2. The second-order valence-corrected chi connectivity index (χ2v) is 6.76. The molecule has 0 saturated carbocycles. The van der Waals surface area contributed by atoms with Gasteiger partial charge in [0, 0.05) is 6.42 Å². The number of rotatable bonds is 6. The summed E-state index contributed by atoms with van der Waals surface area (Å²) in [5.74, 6) is -0.571. The molecule has 6 nitrogen and oxygen atoms in total. The van der Waals surface area contributed by atoms with Crippen LogP contribution in [0.5, 0.6) is 0 Å². The third kappa shape index (κ3) is 8.47. The lowest BCUT2D eigenvalue weighted by atomic mass is 10.1. The summed E-state index contributed by atoms with van der Waals surface area (Å²) in [6.07, 6.45) is -0.572. The first-order valence-electron chi connectivity index (χ1n) is 7.31. The van der Waals surface area contributed by atoms with Gasteiger partial charge in [0.2, 0.25) is 0 Å². The minimum Gasteiger partial charge on any atom is -0.458 e. The Morgan fingerprint density at radius 3 is 2.39 bits per heavy atom. The predicted molar refractivity (Wildman–Crippen MR) is 91.0 cm³/mol. The first-order chi connectivity index (χ1) is 10.7. The van der Waals surface area contributed by atoms with Gasteiger partial charge in [0.25, 0.3) is 0 Å². The van der Waals surface area contributed by atoms with Crippen molar-refractivity contribution in [2.45, 2.75) is 50.8 Å². The van der Waals surface area contributed by atoms with Crippen molar-refractivity contribution in [3.63, 3.8) is 0 Å². The van der Waals surface area contributed by atoms with Crippen LogP contribution in [0.25, 0.3) is 0 Å². The fourth-order valence-corrected chi connectivity index (χ4v) is 1.95. The Hall–Kier alpha value is -1.73. The molecule has 2 unspecified atom stereocenters. The molecule has 1 aromatic carbocycles. The number of carbonyl (C=O) groups is 2. The Kier molecular flexibility index (Phi) is 7.38. The standard InChI is InChI=1S/C16H24N2O4S/c1-16(2,3)22-14(19)12(9-13(17)23)18-15(20)21-10-11-7-5-4-6-8-11/h4-8,12-13,23H,9-10,17H2,1-3H3,(H,18,20). The number of nitrogens with two attached hydrogens (primary N) is 1. The topological polar surface area (TPSA) is 90.6 Å². The van der Waals surface area contributed by atoms with Gasteiger partial charge in [-0.1, -0.05) is 30.3 Å². The molecule has 0 heterocycles. The van der Waals surface area contributed by atoms with E-state index in [0.29, 0.717) is 0 Å². The third-order valence-corrected chi connectivity index (χ3v) is 2.88. The van der Waals surface area contributed by atoms with Crippen molar-refractivity contribution < 1.29 is 19.1 Å². The van der Waals surface area contributed by atoms with Crippen LogP contribution >= 0.6 is 12.6 Å². The van der Waals surface area contributed by atoms with Crippen LogP contribution in [0, 0.1) is 0 Å². The number of esters is 1. The predicted octanol–water partition coefficient (Wildman–Crippen LogP) is 2.23. The van der Waals surface area contributed by atoms with E-state index in [0.717, 1.165) is 5.56 Å². The maximum absolute atomic E-state index is 12.1. The van der Waals surface area contributed by atoms with E-state index in [1.54, 1.807) is 20.8 Å². The molecule has 0 radical (unpaired) electrons. The molecule has 0 aliphatic heterocycles. The Morgan fingerprint density at radius 1 is 1.26 bits per heavy atom. The van der Waals surface area contributed by atoms with Crippen LogP contribution in [0.15, 0.2) is 30.3 Å². The van der Waals surface area contributed by atoms with Crippen molar-refractivity contribution >= 4 is 24.7 Å². The van der Waals surface area contributed by atoms with E-state index in [9.17, 15) is 9.59 Å². The van der Waals surface area contributed by atoms with Gasteiger partial charge in [-0.25, -0.2) is 9.59 Å². The van der Waals surface area contributed by atoms with Gasteiger partial charge in [0.05, 0.1) is 5.37 Å². The number of hydrogen-bond acceptors (Lipinski definition) is 6. The molecule has 1 rings (SSSR count). The summed E-state index contributed by atoms with van der Waals surface area (Å²) in [6.45, 7) is 5.35. The maximum Gasteiger partial charge on any atom is 0.408 e. The van der Waals surface area contributed by atoms with Crippen LogP contribution in [-0.2, 0) is 20.9 Å². The highest BCUT2D eigenvalue weighted by Gasteiger charge is 2.28. The fourth-order valence-electron chi connectivity index (χ4n) is 1.74. The van der Waals surface area contributed by atoms with E-state index >= 15 is 0 Å². The lowest BCUT2D eigenvalue weighted by Crippen LogP contribution is -2.46.